The predicted octanol–water partition coefficient (Wildman–Crippen LogP) is 1.84. The SMILES string of the molecule is O=C(CN1CCN(C(=O)Nc2ccccc2)CC1=O)N1CCN(C2CCCCC2)CC1. The van der Waals surface area contributed by atoms with Gasteiger partial charge in [0, 0.05) is 51.0 Å². The highest BCUT2D eigenvalue weighted by atomic mass is 16.2. The fourth-order valence-corrected chi connectivity index (χ4v) is 4.82. The van der Waals surface area contributed by atoms with Gasteiger partial charge < -0.3 is 20.0 Å². The van der Waals surface area contributed by atoms with E-state index in [0.717, 1.165) is 26.2 Å². The lowest BCUT2D eigenvalue weighted by Gasteiger charge is -2.41. The van der Waals surface area contributed by atoms with Crippen LogP contribution in [-0.4, -0.2) is 95.8 Å². The Morgan fingerprint density at radius 3 is 2.23 bits per heavy atom. The summed E-state index contributed by atoms with van der Waals surface area (Å²) in [6.45, 7) is 4.25. The molecular weight excluding hydrogens is 394 g/mol. The number of anilines is 1. The van der Waals surface area contributed by atoms with Gasteiger partial charge in [0.2, 0.25) is 11.8 Å². The van der Waals surface area contributed by atoms with E-state index in [9.17, 15) is 14.4 Å². The average molecular weight is 428 g/mol. The Bertz CT molecular complexity index is 773. The van der Waals surface area contributed by atoms with Crippen LogP contribution in [0, 0.1) is 0 Å². The number of nitrogens with one attached hydrogen (secondary N) is 1. The van der Waals surface area contributed by atoms with Gasteiger partial charge in [0.05, 0.1) is 6.54 Å². The van der Waals surface area contributed by atoms with Gasteiger partial charge in [-0.25, -0.2) is 4.79 Å². The van der Waals surface area contributed by atoms with Gasteiger partial charge in [-0.3, -0.25) is 14.5 Å². The lowest BCUT2D eigenvalue weighted by molar-refractivity contribution is -0.143. The monoisotopic (exact) mass is 427 g/mol. The summed E-state index contributed by atoms with van der Waals surface area (Å²) in [5.41, 5.74) is 0.699. The van der Waals surface area contributed by atoms with Crippen LogP contribution in [0.5, 0.6) is 0 Å². The van der Waals surface area contributed by atoms with Crippen LogP contribution >= 0.6 is 0 Å². The lowest BCUT2D eigenvalue weighted by Crippen LogP contribution is -2.57. The molecule has 168 valence electrons. The first-order chi connectivity index (χ1) is 15.1. The van der Waals surface area contributed by atoms with Gasteiger partial charge in [0.1, 0.15) is 6.54 Å². The number of piperazine rings is 2. The molecule has 8 nitrogen and oxygen atoms in total. The molecule has 4 amide bonds. The molecule has 0 unspecified atom stereocenters. The number of benzene rings is 1. The molecule has 1 saturated carbocycles. The maximum Gasteiger partial charge on any atom is 0.322 e. The van der Waals surface area contributed by atoms with E-state index in [-0.39, 0.29) is 30.9 Å². The second-order valence-electron chi connectivity index (χ2n) is 8.74. The van der Waals surface area contributed by atoms with Gasteiger partial charge >= 0.3 is 6.03 Å². The summed E-state index contributed by atoms with van der Waals surface area (Å²) >= 11 is 0. The van der Waals surface area contributed by atoms with Crippen LogP contribution < -0.4 is 5.32 Å². The Balaban J connectivity index is 1.21. The van der Waals surface area contributed by atoms with E-state index in [1.54, 1.807) is 4.90 Å². The summed E-state index contributed by atoms with van der Waals surface area (Å²) in [5, 5.41) is 2.81. The summed E-state index contributed by atoms with van der Waals surface area (Å²) in [6, 6.07) is 9.58. The van der Waals surface area contributed by atoms with E-state index in [0.29, 0.717) is 24.8 Å². The van der Waals surface area contributed by atoms with E-state index in [1.807, 2.05) is 35.2 Å². The summed E-state index contributed by atoms with van der Waals surface area (Å²) in [6.07, 6.45) is 6.56. The van der Waals surface area contributed by atoms with Crippen molar-refractivity contribution in [3.05, 3.63) is 30.3 Å². The number of urea groups is 1. The van der Waals surface area contributed by atoms with Crippen molar-refractivity contribution in [3.63, 3.8) is 0 Å². The number of para-hydroxylation sites is 1. The van der Waals surface area contributed by atoms with Crippen LogP contribution in [-0.2, 0) is 9.59 Å². The zero-order valence-electron chi connectivity index (χ0n) is 18.2. The molecule has 0 bridgehead atoms. The molecule has 3 fully saturated rings. The van der Waals surface area contributed by atoms with Crippen molar-refractivity contribution >= 4 is 23.5 Å². The van der Waals surface area contributed by atoms with Crippen LogP contribution in [0.2, 0.25) is 0 Å². The molecule has 0 atom stereocenters. The quantitative estimate of drug-likeness (QED) is 0.796. The van der Waals surface area contributed by atoms with Gasteiger partial charge in [-0.2, -0.15) is 0 Å². The van der Waals surface area contributed by atoms with Gasteiger partial charge in [0.25, 0.3) is 0 Å². The molecule has 1 N–H and O–H groups in total. The highest BCUT2D eigenvalue weighted by molar-refractivity contribution is 5.94. The molecule has 31 heavy (non-hydrogen) atoms. The van der Waals surface area contributed by atoms with Crippen molar-refractivity contribution < 1.29 is 14.4 Å². The van der Waals surface area contributed by atoms with Gasteiger partial charge in [-0.15, -0.1) is 0 Å². The van der Waals surface area contributed by atoms with Crippen LogP contribution in [0.4, 0.5) is 10.5 Å². The number of rotatable bonds is 4. The fourth-order valence-electron chi connectivity index (χ4n) is 4.82. The molecule has 1 aromatic carbocycles. The molecule has 1 aliphatic carbocycles. The Hall–Kier alpha value is -2.61. The number of nitrogens with zero attached hydrogens (tertiary/aromatic N) is 4. The third kappa shape index (κ3) is 5.55. The standard InChI is InChI=1S/C23H33N5O3/c29-21(26-13-11-25(12-14-26)20-9-5-2-6-10-20)17-27-15-16-28(18-22(27)30)23(31)24-19-7-3-1-4-8-19/h1,3-4,7-8,20H,2,5-6,9-18H2,(H,24,31). The first-order valence-corrected chi connectivity index (χ1v) is 11.5. The number of carbonyl (C=O) groups excluding carboxylic acids is 3. The van der Waals surface area contributed by atoms with Crippen molar-refractivity contribution in [2.24, 2.45) is 0 Å². The smallest absolute Gasteiger partial charge is 0.322 e. The number of hydrogen-bond acceptors (Lipinski definition) is 4. The van der Waals surface area contributed by atoms with Gasteiger partial charge in [0.15, 0.2) is 0 Å². The van der Waals surface area contributed by atoms with Crippen molar-refractivity contribution in [1.82, 2.24) is 19.6 Å². The zero-order valence-corrected chi connectivity index (χ0v) is 18.2. The van der Waals surface area contributed by atoms with E-state index in [4.69, 9.17) is 0 Å². The Morgan fingerprint density at radius 1 is 0.871 bits per heavy atom. The molecule has 4 rings (SSSR count). The summed E-state index contributed by atoms with van der Waals surface area (Å²) in [4.78, 5) is 45.3. The minimum Gasteiger partial charge on any atom is -0.339 e. The van der Waals surface area contributed by atoms with E-state index < -0.39 is 0 Å². The van der Waals surface area contributed by atoms with Crippen LogP contribution in [0.3, 0.4) is 0 Å². The predicted molar refractivity (Wildman–Crippen MR) is 119 cm³/mol. The lowest BCUT2D eigenvalue weighted by atomic mass is 9.94. The van der Waals surface area contributed by atoms with E-state index >= 15 is 0 Å². The molecule has 1 aromatic rings. The highest BCUT2D eigenvalue weighted by Crippen LogP contribution is 2.23. The Kier molecular flexibility index (Phi) is 7.06. The van der Waals surface area contributed by atoms with Crippen molar-refractivity contribution in [2.75, 3.05) is 57.7 Å². The fraction of sp³-hybridized carbons (Fsp3) is 0.609. The number of amides is 4. The maximum atomic E-state index is 12.8. The minimum absolute atomic E-state index is 0.00139. The van der Waals surface area contributed by atoms with E-state index in [1.165, 1.54) is 37.0 Å². The third-order valence-corrected chi connectivity index (χ3v) is 6.72. The molecule has 2 saturated heterocycles. The minimum atomic E-state index is -0.288. The van der Waals surface area contributed by atoms with Crippen LogP contribution in [0.1, 0.15) is 32.1 Å². The van der Waals surface area contributed by atoms with Gasteiger partial charge in [-0.1, -0.05) is 37.5 Å². The zero-order chi connectivity index (χ0) is 21.6. The molecule has 2 heterocycles. The van der Waals surface area contributed by atoms with E-state index in [2.05, 4.69) is 10.2 Å². The second kappa shape index (κ2) is 10.1. The van der Waals surface area contributed by atoms with Crippen LogP contribution in [0.15, 0.2) is 30.3 Å². The van der Waals surface area contributed by atoms with Crippen LogP contribution in [0.25, 0.3) is 0 Å². The summed E-state index contributed by atoms with van der Waals surface area (Å²) in [5.74, 6) is -0.164. The molecule has 3 aliphatic rings. The maximum absolute atomic E-state index is 12.8. The third-order valence-electron chi connectivity index (χ3n) is 6.72. The largest absolute Gasteiger partial charge is 0.339 e. The molecule has 0 aromatic heterocycles. The van der Waals surface area contributed by atoms with Crippen molar-refractivity contribution in [1.29, 1.82) is 0 Å². The molecule has 8 heteroatoms. The number of carbonyl (C=O) groups is 3. The molecule has 0 radical (unpaired) electrons. The van der Waals surface area contributed by atoms with Gasteiger partial charge in [-0.05, 0) is 25.0 Å². The average Bonchev–Trinajstić information content (AvgIpc) is 2.81. The molecule has 2 aliphatic heterocycles. The summed E-state index contributed by atoms with van der Waals surface area (Å²) in [7, 11) is 0. The first-order valence-electron chi connectivity index (χ1n) is 11.5. The number of hydrogen-bond donors (Lipinski definition) is 1. The highest BCUT2D eigenvalue weighted by Gasteiger charge is 2.31. The Labute approximate surface area is 184 Å². The topological polar surface area (TPSA) is 76.2 Å². The normalized spacial score (nSPS) is 21.3. The van der Waals surface area contributed by atoms with Crippen molar-refractivity contribution in [2.45, 2.75) is 38.1 Å². The van der Waals surface area contributed by atoms with Crippen molar-refractivity contribution in [3.8, 4) is 0 Å². The molecular formula is C23H33N5O3. The second-order valence-corrected chi connectivity index (χ2v) is 8.74. The molecule has 0 spiro atoms. The Morgan fingerprint density at radius 2 is 1.55 bits per heavy atom. The first kappa shape index (κ1) is 21.6. The summed E-state index contributed by atoms with van der Waals surface area (Å²) < 4.78 is 0.